The van der Waals surface area contributed by atoms with Crippen molar-refractivity contribution in [2.45, 2.75) is 6.61 Å². The third-order valence-corrected chi connectivity index (χ3v) is 3.16. The van der Waals surface area contributed by atoms with E-state index in [9.17, 15) is 14.5 Å². The lowest BCUT2D eigenvalue weighted by molar-refractivity contribution is -0.385. The van der Waals surface area contributed by atoms with Crippen LogP contribution < -0.4 is 4.74 Å². The van der Waals surface area contributed by atoms with Crippen LogP contribution >= 0.6 is 15.9 Å². The number of rotatable bonds is 4. The number of benzene rings is 2. The lowest BCUT2D eigenvalue weighted by Crippen LogP contribution is -1.96. The zero-order valence-corrected chi connectivity index (χ0v) is 11.6. The molecule has 0 bridgehead atoms. The molecule has 0 aliphatic rings. The zero-order chi connectivity index (χ0) is 14.7. The fraction of sp³-hybridized carbons (Fsp3) is 0.0769. The Morgan fingerprint density at radius 3 is 2.65 bits per heavy atom. The van der Waals surface area contributed by atoms with Gasteiger partial charge in [0.1, 0.15) is 17.3 Å². The van der Waals surface area contributed by atoms with Crippen molar-refractivity contribution in [3.05, 3.63) is 62.4 Å². The van der Waals surface area contributed by atoms with Crippen molar-refractivity contribution in [1.29, 1.82) is 0 Å². The summed E-state index contributed by atoms with van der Waals surface area (Å²) in [5.41, 5.74) is -0.0382. The maximum Gasteiger partial charge on any atom is 0.275 e. The summed E-state index contributed by atoms with van der Waals surface area (Å²) in [6.07, 6.45) is 0. The molecule has 0 radical (unpaired) electrons. The van der Waals surface area contributed by atoms with E-state index in [1.165, 1.54) is 36.4 Å². The van der Waals surface area contributed by atoms with Crippen LogP contribution in [0.4, 0.5) is 10.1 Å². The van der Waals surface area contributed by atoms with Gasteiger partial charge in [-0.2, -0.15) is 0 Å². The number of nitro benzene ring substituents is 1. The number of nitro groups is 1. The largest absolute Gasteiger partial charge is 0.456 e. The standard InChI is InChI=1S/C13H9BrFNO4/c14-11-6-9(15)1-4-13(11)20-10-2-3-12(16(18)19)8(5-10)7-17/h1-6,17H,7H2. The molecule has 0 heterocycles. The molecule has 2 aromatic rings. The number of aliphatic hydroxyl groups excluding tert-OH is 1. The first kappa shape index (κ1) is 14.4. The lowest BCUT2D eigenvalue weighted by atomic mass is 10.2. The molecule has 5 nitrogen and oxygen atoms in total. The van der Waals surface area contributed by atoms with E-state index < -0.39 is 17.3 Å². The minimum absolute atomic E-state index is 0.144. The van der Waals surface area contributed by atoms with Gasteiger partial charge in [0.05, 0.1) is 21.6 Å². The van der Waals surface area contributed by atoms with Gasteiger partial charge >= 0.3 is 0 Å². The number of nitrogens with zero attached hydrogens (tertiary/aromatic N) is 1. The predicted octanol–water partition coefficient (Wildman–Crippen LogP) is 3.78. The number of halogens is 2. The molecule has 7 heteroatoms. The molecule has 0 amide bonds. The molecule has 0 aliphatic heterocycles. The second-order valence-electron chi connectivity index (χ2n) is 3.88. The van der Waals surface area contributed by atoms with Crippen molar-refractivity contribution >= 4 is 21.6 Å². The van der Waals surface area contributed by atoms with E-state index in [2.05, 4.69) is 15.9 Å². The maximum atomic E-state index is 13.0. The maximum absolute atomic E-state index is 13.0. The van der Waals surface area contributed by atoms with E-state index in [-0.39, 0.29) is 11.3 Å². The SMILES string of the molecule is O=[N+]([O-])c1ccc(Oc2ccc(F)cc2Br)cc1CO. The minimum atomic E-state index is -0.580. The molecule has 20 heavy (non-hydrogen) atoms. The molecule has 0 spiro atoms. The summed E-state index contributed by atoms with van der Waals surface area (Å²) in [5.74, 6) is 0.264. The number of hydrogen-bond acceptors (Lipinski definition) is 4. The summed E-state index contributed by atoms with van der Waals surface area (Å²) >= 11 is 3.16. The van der Waals surface area contributed by atoms with Crippen LogP contribution in [0.1, 0.15) is 5.56 Å². The summed E-state index contributed by atoms with van der Waals surface area (Å²) in [4.78, 5) is 10.2. The number of ether oxygens (including phenoxy) is 1. The van der Waals surface area contributed by atoms with Gasteiger partial charge in [0.15, 0.2) is 0 Å². The quantitative estimate of drug-likeness (QED) is 0.678. The molecule has 2 rings (SSSR count). The van der Waals surface area contributed by atoms with E-state index >= 15 is 0 Å². The summed E-state index contributed by atoms with van der Waals surface area (Å²) in [7, 11) is 0. The number of aliphatic hydroxyl groups is 1. The van der Waals surface area contributed by atoms with Gasteiger partial charge in [0.25, 0.3) is 5.69 Å². The molecular weight excluding hydrogens is 333 g/mol. The molecular formula is C13H9BrFNO4. The Hall–Kier alpha value is -1.99. The summed E-state index contributed by atoms with van der Waals surface area (Å²) in [6.45, 7) is -0.474. The van der Waals surface area contributed by atoms with Crippen molar-refractivity contribution in [1.82, 2.24) is 0 Å². The highest BCUT2D eigenvalue weighted by Gasteiger charge is 2.14. The van der Waals surface area contributed by atoms with Crippen molar-refractivity contribution in [2.75, 3.05) is 0 Å². The fourth-order valence-electron chi connectivity index (χ4n) is 1.62. The smallest absolute Gasteiger partial charge is 0.275 e. The van der Waals surface area contributed by atoms with E-state index in [0.717, 1.165) is 0 Å². The molecule has 0 aromatic heterocycles. The number of hydrogen-bond donors (Lipinski definition) is 1. The van der Waals surface area contributed by atoms with Crippen LogP contribution in [-0.2, 0) is 6.61 Å². The third-order valence-electron chi connectivity index (χ3n) is 2.54. The average Bonchev–Trinajstić information content (AvgIpc) is 2.41. The van der Waals surface area contributed by atoms with E-state index in [1.54, 1.807) is 0 Å². The van der Waals surface area contributed by atoms with Gasteiger partial charge in [-0.3, -0.25) is 10.1 Å². The van der Waals surface area contributed by atoms with Gasteiger partial charge in [-0.1, -0.05) is 0 Å². The Bertz CT molecular complexity index is 663. The average molecular weight is 342 g/mol. The second kappa shape index (κ2) is 5.98. The Kier molecular flexibility index (Phi) is 4.31. The molecule has 0 aliphatic carbocycles. The van der Waals surface area contributed by atoms with Crippen LogP contribution in [0.15, 0.2) is 40.9 Å². The van der Waals surface area contributed by atoms with Crippen LogP contribution in [0, 0.1) is 15.9 Å². The summed E-state index contributed by atoms with van der Waals surface area (Å²) in [5, 5.41) is 19.9. The van der Waals surface area contributed by atoms with Gasteiger partial charge in [0.2, 0.25) is 0 Å². The van der Waals surface area contributed by atoms with Gasteiger partial charge in [-0.05, 0) is 46.3 Å². The Morgan fingerprint density at radius 1 is 1.30 bits per heavy atom. The second-order valence-corrected chi connectivity index (χ2v) is 4.74. The van der Waals surface area contributed by atoms with E-state index in [0.29, 0.717) is 16.0 Å². The molecule has 0 fully saturated rings. The monoisotopic (exact) mass is 341 g/mol. The highest BCUT2D eigenvalue weighted by atomic mass is 79.9. The Balaban J connectivity index is 2.32. The molecule has 1 N–H and O–H groups in total. The van der Waals surface area contributed by atoms with Crippen molar-refractivity contribution < 1.29 is 19.2 Å². The van der Waals surface area contributed by atoms with Crippen molar-refractivity contribution in [2.24, 2.45) is 0 Å². The van der Waals surface area contributed by atoms with E-state index in [4.69, 9.17) is 9.84 Å². The minimum Gasteiger partial charge on any atom is -0.456 e. The first-order chi connectivity index (χ1) is 9.51. The van der Waals surface area contributed by atoms with Gasteiger partial charge in [0, 0.05) is 6.07 Å². The van der Waals surface area contributed by atoms with E-state index in [1.807, 2.05) is 0 Å². The first-order valence-corrected chi connectivity index (χ1v) is 6.31. The van der Waals surface area contributed by atoms with Gasteiger partial charge in [-0.25, -0.2) is 4.39 Å². The van der Waals surface area contributed by atoms with Crippen LogP contribution in [0.2, 0.25) is 0 Å². The highest BCUT2D eigenvalue weighted by Crippen LogP contribution is 2.32. The summed E-state index contributed by atoms with van der Waals surface area (Å²) in [6, 6.07) is 7.94. The Labute approximate surface area is 121 Å². The van der Waals surface area contributed by atoms with Gasteiger partial charge < -0.3 is 9.84 Å². The molecule has 104 valence electrons. The highest BCUT2D eigenvalue weighted by molar-refractivity contribution is 9.10. The summed E-state index contributed by atoms with van der Waals surface area (Å²) < 4.78 is 18.9. The van der Waals surface area contributed by atoms with Crippen molar-refractivity contribution in [3.8, 4) is 11.5 Å². The predicted molar refractivity (Wildman–Crippen MR) is 73.2 cm³/mol. The molecule has 0 atom stereocenters. The molecule has 0 unspecified atom stereocenters. The normalized spacial score (nSPS) is 10.3. The Morgan fingerprint density at radius 2 is 2.05 bits per heavy atom. The van der Waals surface area contributed by atoms with Crippen LogP contribution in [0.5, 0.6) is 11.5 Å². The molecule has 0 saturated heterocycles. The van der Waals surface area contributed by atoms with Crippen LogP contribution in [-0.4, -0.2) is 10.0 Å². The topological polar surface area (TPSA) is 72.6 Å². The van der Waals surface area contributed by atoms with Crippen LogP contribution in [0.25, 0.3) is 0 Å². The molecule has 2 aromatic carbocycles. The van der Waals surface area contributed by atoms with Crippen molar-refractivity contribution in [3.63, 3.8) is 0 Å². The zero-order valence-electron chi connectivity index (χ0n) is 10.0. The molecule has 0 saturated carbocycles. The van der Waals surface area contributed by atoms with Gasteiger partial charge in [-0.15, -0.1) is 0 Å². The fourth-order valence-corrected chi connectivity index (χ4v) is 2.05. The lowest BCUT2D eigenvalue weighted by Gasteiger charge is -2.09. The third kappa shape index (κ3) is 3.12. The first-order valence-electron chi connectivity index (χ1n) is 5.52. The van der Waals surface area contributed by atoms with Crippen LogP contribution in [0.3, 0.4) is 0 Å².